The molecule has 0 radical (unpaired) electrons. The number of halogens is 1. The van der Waals surface area contributed by atoms with Gasteiger partial charge in [0.05, 0.1) is 23.7 Å². The third kappa shape index (κ3) is 4.44. The van der Waals surface area contributed by atoms with E-state index in [1.165, 1.54) is 22.5 Å². The Morgan fingerprint density at radius 2 is 1.68 bits per heavy atom. The lowest BCUT2D eigenvalue weighted by atomic mass is 10.2. The van der Waals surface area contributed by atoms with Gasteiger partial charge in [-0.1, -0.05) is 18.2 Å². The van der Waals surface area contributed by atoms with Crippen LogP contribution in [-0.4, -0.2) is 28.2 Å². The number of fused-ring (bicyclic) bond motifs is 1. The summed E-state index contributed by atoms with van der Waals surface area (Å²) in [7, 11) is -4.04. The average Bonchev–Trinajstić information content (AvgIpc) is 2.79. The van der Waals surface area contributed by atoms with Gasteiger partial charge in [0.15, 0.2) is 11.5 Å². The van der Waals surface area contributed by atoms with E-state index in [0.29, 0.717) is 42.8 Å². The first-order valence-electron chi connectivity index (χ1n) is 9.87. The molecule has 8 heteroatoms. The number of hydrogen-bond donors (Lipinski definition) is 0. The van der Waals surface area contributed by atoms with Crippen LogP contribution < -0.4 is 18.5 Å². The topological polar surface area (TPSA) is 65.1 Å². The molecule has 1 aliphatic rings. The molecule has 0 unspecified atom stereocenters. The van der Waals surface area contributed by atoms with Crippen LogP contribution in [0.1, 0.15) is 12.5 Å². The molecule has 1 aliphatic heterocycles. The summed E-state index contributed by atoms with van der Waals surface area (Å²) in [6.07, 6.45) is 0. The SMILES string of the molecule is CCOc1ccc(N(Cc2ccccc2F)S(=O)(=O)c2ccc3c(c2)OCCO3)cc1. The first-order chi connectivity index (χ1) is 15.0. The summed E-state index contributed by atoms with van der Waals surface area (Å²) in [5, 5.41) is 0. The first-order valence-corrected chi connectivity index (χ1v) is 11.3. The van der Waals surface area contributed by atoms with Crippen molar-refractivity contribution >= 4 is 15.7 Å². The minimum Gasteiger partial charge on any atom is -0.494 e. The van der Waals surface area contributed by atoms with Gasteiger partial charge in [-0.15, -0.1) is 0 Å². The quantitative estimate of drug-likeness (QED) is 0.542. The van der Waals surface area contributed by atoms with Gasteiger partial charge in [-0.05, 0) is 49.4 Å². The van der Waals surface area contributed by atoms with Crippen LogP contribution >= 0.6 is 0 Å². The van der Waals surface area contributed by atoms with Crippen molar-refractivity contribution in [1.29, 1.82) is 0 Å². The molecule has 3 aromatic rings. The molecule has 0 saturated heterocycles. The van der Waals surface area contributed by atoms with Gasteiger partial charge < -0.3 is 14.2 Å². The number of nitrogens with zero attached hydrogens (tertiary/aromatic N) is 1. The standard InChI is InChI=1S/C23H22FNO5S/c1-2-28-19-9-7-18(8-10-19)25(16-17-5-3-4-6-21(17)24)31(26,27)20-11-12-22-23(15-20)30-14-13-29-22/h3-12,15H,2,13-14,16H2,1H3. The van der Waals surface area contributed by atoms with E-state index in [0.717, 1.165) is 0 Å². The van der Waals surface area contributed by atoms with E-state index < -0.39 is 15.8 Å². The highest BCUT2D eigenvalue weighted by molar-refractivity contribution is 7.92. The molecule has 0 fully saturated rings. The lowest BCUT2D eigenvalue weighted by molar-refractivity contribution is 0.171. The summed E-state index contributed by atoms with van der Waals surface area (Å²) in [5.74, 6) is 1.00. The van der Waals surface area contributed by atoms with Crippen LogP contribution in [0.5, 0.6) is 17.2 Å². The summed E-state index contributed by atoms with van der Waals surface area (Å²) in [6, 6.07) is 17.2. The maximum atomic E-state index is 14.4. The molecular weight excluding hydrogens is 421 g/mol. The Hall–Kier alpha value is -3.26. The minimum atomic E-state index is -4.04. The second kappa shape index (κ2) is 8.85. The molecule has 0 bridgehead atoms. The molecule has 1 heterocycles. The number of ether oxygens (including phenoxy) is 3. The number of hydrogen-bond acceptors (Lipinski definition) is 5. The van der Waals surface area contributed by atoms with Crippen molar-refractivity contribution in [2.45, 2.75) is 18.4 Å². The van der Waals surface area contributed by atoms with E-state index in [2.05, 4.69) is 0 Å². The number of sulfonamides is 1. The van der Waals surface area contributed by atoms with Gasteiger partial charge in [-0.2, -0.15) is 0 Å². The van der Waals surface area contributed by atoms with Crippen LogP contribution in [0, 0.1) is 5.82 Å². The normalized spacial score (nSPS) is 13.0. The van der Waals surface area contributed by atoms with E-state index >= 15 is 0 Å². The Balaban J connectivity index is 1.76. The monoisotopic (exact) mass is 443 g/mol. The fraction of sp³-hybridized carbons (Fsp3) is 0.217. The molecule has 0 aliphatic carbocycles. The van der Waals surface area contributed by atoms with Crippen LogP contribution in [0.15, 0.2) is 71.6 Å². The van der Waals surface area contributed by atoms with Gasteiger partial charge in [0.2, 0.25) is 0 Å². The third-order valence-corrected chi connectivity index (χ3v) is 6.58. The fourth-order valence-corrected chi connectivity index (χ4v) is 4.74. The zero-order valence-corrected chi connectivity index (χ0v) is 17.8. The highest BCUT2D eigenvalue weighted by Gasteiger charge is 2.28. The molecule has 0 atom stereocenters. The van der Waals surface area contributed by atoms with Crippen LogP contribution in [0.25, 0.3) is 0 Å². The van der Waals surface area contributed by atoms with Crippen molar-refractivity contribution in [3.63, 3.8) is 0 Å². The summed E-state index contributed by atoms with van der Waals surface area (Å²) >= 11 is 0. The van der Waals surface area contributed by atoms with Crippen molar-refractivity contribution in [2.75, 3.05) is 24.1 Å². The molecule has 0 spiro atoms. The second-order valence-electron chi connectivity index (χ2n) is 6.84. The molecule has 4 rings (SSSR count). The average molecular weight is 443 g/mol. The Morgan fingerprint density at radius 1 is 0.968 bits per heavy atom. The summed E-state index contributed by atoms with van der Waals surface area (Å²) in [6.45, 7) is 2.94. The Bertz CT molecular complexity index is 1160. The van der Waals surface area contributed by atoms with Crippen molar-refractivity contribution in [1.82, 2.24) is 0 Å². The highest BCUT2D eigenvalue weighted by Crippen LogP contribution is 2.35. The molecule has 6 nitrogen and oxygen atoms in total. The summed E-state index contributed by atoms with van der Waals surface area (Å²) in [5.41, 5.74) is 0.652. The maximum absolute atomic E-state index is 14.4. The van der Waals surface area contributed by atoms with Crippen molar-refractivity contribution < 1.29 is 27.0 Å². The third-order valence-electron chi connectivity index (χ3n) is 4.81. The summed E-state index contributed by atoms with van der Waals surface area (Å²) < 4.78 is 59.3. The molecule has 162 valence electrons. The summed E-state index contributed by atoms with van der Waals surface area (Å²) in [4.78, 5) is 0.0296. The first kappa shape index (κ1) is 21.0. The largest absolute Gasteiger partial charge is 0.494 e. The van der Waals surface area contributed by atoms with Crippen LogP contribution in [0.3, 0.4) is 0 Å². The van der Waals surface area contributed by atoms with Crippen molar-refractivity contribution in [2.24, 2.45) is 0 Å². The van der Waals surface area contributed by atoms with E-state index in [1.54, 1.807) is 48.5 Å². The van der Waals surface area contributed by atoms with Crippen LogP contribution in [-0.2, 0) is 16.6 Å². The van der Waals surface area contributed by atoms with Crippen molar-refractivity contribution in [3.8, 4) is 17.2 Å². The predicted octanol–water partition coefficient (Wildman–Crippen LogP) is 4.39. The molecule has 31 heavy (non-hydrogen) atoms. The molecule has 0 amide bonds. The zero-order chi connectivity index (χ0) is 21.8. The van der Waals surface area contributed by atoms with Crippen LogP contribution in [0.2, 0.25) is 0 Å². The maximum Gasteiger partial charge on any atom is 0.264 e. The van der Waals surface area contributed by atoms with Crippen LogP contribution in [0.4, 0.5) is 10.1 Å². The van der Waals surface area contributed by atoms with E-state index in [9.17, 15) is 12.8 Å². The molecule has 0 saturated carbocycles. The van der Waals surface area contributed by atoms with Gasteiger partial charge in [-0.25, -0.2) is 12.8 Å². The Labute approximate surface area is 180 Å². The zero-order valence-electron chi connectivity index (χ0n) is 17.0. The molecule has 0 aromatic heterocycles. The van der Waals surface area contributed by atoms with Gasteiger partial charge in [0.25, 0.3) is 10.0 Å². The van der Waals surface area contributed by atoms with Gasteiger partial charge in [-0.3, -0.25) is 4.31 Å². The highest BCUT2D eigenvalue weighted by atomic mass is 32.2. The van der Waals surface area contributed by atoms with Gasteiger partial charge >= 0.3 is 0 Å². The minimum absolute atomic E-state index is 0.0296. The fourth-order valence-electron chi connectivity index (χ4n) is 3.28. The Morgan fingerprint density at radius 3 is 2.39 bits per heavy atom. The smallest absolute Gasteiger partial charge is 0.264 e. The predicted molar refractivity (Wildman–Crippen MR) is 115 cm³/mol. The molecule has 3 aromatic carbocycles. The van der Waals surface area contributed by atoms with E-state index in [4.69, 9.17) is 14.2 Å². The van der Waals surface area contributed by atoms with E-state index in [1.807, 2.05) is 6.92 Å². The second-order valence-corrected chi connectivity index (χ2v) is 8.70. The Kier molecular flexibility index (Phi) is 5.99. The number of benzene rings is 3. The molecular formula is C23H22FNO5S. The van der Waals surface area contributed by atoms with E-state index in [-0.39, 0.29) is 17.0 Å². The number of anilines is 1. The number of rotatable bonds is 7. The molecule has 0 N–H and O–H groups in total. The van der Waals surface area contributed by atoms with Crippen molar-refractivity contribution in [3.05, 3.63) is 78.1 Å². The van der Waals surface area contributed by atoms with Gasteiger partial charge in [0, 0.05) is 11.6 Å². The lowest BCUT2D eigenvalue weighted by Gasteiger charge is -2.26. The lowest BCUT2D eigenvalue weighted by Crippen LogP contribution is -2.31. The van der Waals surface area contributed by atoms with Gasteiger partial charge in [0.1, 0.15) is 24.8 Å².